The van der Waals surface area contributed by atoms with Crippen molar-refractivity contribution in [3.8, 4) is 0 Å². The van der Waals surface area contributed by atoms with Crippen LogP contribution in [0.5, 0.6) is 0 Å². The molecule has 5 heteroatoms. The zero-order valence-corrected chi connectivity index (χ0v) is 8.05. The molecule has 1 aromatic carbocycles. The summed E-state index contributed by atoms with van der Waals surface area (Å²) in [6.07, 6.45) is -4.34. The highest BCUT2D eigenvalue weighted by atomic mass is 79.9. The molecule has 1 aromatic rings. The average Bonchev–Trinajstić information content (AvgIpc) is 1.92. The molecular formula is C7H3BrF3S. The Kier molecular flexibility index (Phi) is 2.63. The number of hydrogen-bond acceptors (Lipinski definition) is 0. The quantitative estimate of drug-likeness (QED) is 0.657. The molecule has 1 rings (SSSR count). The van der Waals surface area contributed by atoms with E-state index < -0.39 is 11.7 Å². The molecule has 0 aliphatic heterocycles. The Morgan fingerprint density at radius 3 is 2.25 bits per heavy atom. The van der Waals surface area contributed by atoms with Crippen LogP contribution < -0.4 is 0 Å². The van der Waals surface area contributed by atoms with Crippen LogP contribution in [0.1, 0.15) is 5.56 Å². The minimum atomic E-state index is -4.34. The summed E-state index contributed by atoms with van der Waals surface area (Å²) in [6.45, 7) is 0. The molecule has 0 heterocycles. The molecule has 0 aliphatic rings. The highest BCUT2D eigenvalue weighted by Crippen LogP contribution is 2.35. The Labute approximate surface area is 81.3 Å². The third-order valence-electron chi connectivity index (χ3n) is 1.24. The monoisotopic (exact) mass is 255 g/mol. The maximum atomic E-state index is 12.2. The van der Waals surface area contributed by atoms with Crippen LogP contribution in [-0.2, 0) is 6.18 Å². The third kappa shape index (κ3) is 2.10. The van der Waals surface area contributed by atoms with Crippen LogP contribution in [0.3, 0.4) is 0 Å². The van der Waals surface area contributed by atoms with Crippen molar-refractivity contribution in [2.24, 2.45) is 0 Å². The highest BCUT2D eigenvalue weighted by molar-refractivity contribution is 9.10. The standard InChI is InChI=1S/C7H3BrF3S/c8-6-2-1-4(12)3-5(6)7(9,10)11/h1-3H. The first-order chi connectivity index (χ1) is 5.41. The summed E-state index contributed by atoms with van der Waals surface area (Å²) in [4.78, 5) is 0.186. The summed E-state index contributed by atoms with van der Waals surface area (Å²) in [6, 6.07) is 3.67. The van der Waals surface area contributed by atoms with E-state index in [0.29, 0.717) is 0 Å². The smallest absolute Gasteiger partial charge is 0.166 e. The second kappa shape index (κ2) is 3.22. The zero-order chi connectivity index (χ0) is 9.35. The molecule has 0 atom stereocenters. The first-order valence-electron chi connectivity index (χ1n) is 2.95. The lowest BCUT2D eigenvalue weighted by atomic mass is 10.2. The summed E-state index contributed by atoms with van der Waals surface area (Å²) in [5, 5.41) is 0. The van der Waals surface area contributed by atoms with Gasteiger partial charge >= 0.3 is 6.18 Å². The number of rotatable bonds is 0. The fraction of sp³-hybridized carbons (Fsp3) is 0.143. The van der Waals surface area contributed by atoms with Gasteiger partial charge in [0.2, 0.25) is 0 Å². The highest BCUT2D eigenvalue weighted by Gasteiger charge is 2.32. The molecule has 0 aromatic heterocycles. The molecular weight excluding hydrogens is 253 g/mol. The maximum absolute atomic E-state index is 12.2. The zero-order valence-electron chi connectivity index (χ0n) is 5.65. The maximum Gasteiger partial charge on any atom is 0.417 e. The van der Waals surface area contributed by atoms with Crippen LogP contribution in [0.15, 0.2) is 27.6 Å². The van der Waals surface area contributed by atoms with E-state index in [1.165, 1.54) is 12.1 Å². The van der Waals surface area contributed by atoms with Gasteiger partial charge in [0.25, 0.3) is 0 Å². The normalized spacial score (nSPS) is 11.7. The molecule has 0 spiro atoms. The Balaban J connectivity index is 3.23. The lowest BCUT2D eigenvalue weighted by molar-refractivity contribution is -0.138. The van der Waals surface area contributed by atoms with Crippen molar-refractivity contribution in [2.45, 2.75) is 11.1 Å². The summed E-state index contributed by atoms with van der Waals surface area (Å²) in [5.74, 6) is 0. The molecule has 0 unspecified atom stereocenters. The third-order valence-corrected chi connectivity index (χ3v) is 2.19. The van der Waals surface area contributed by atoms with E-state index in [-0.39, 0.29) is 9.37 Å². The van der Waals surface area contributed by atoms with Crippen molar-refractivity contribution in [2.75, 3.05) is 0 Å². The number of benzene rings is 1. The second-order valence-electron chi connectivity index (χ2n) is 2.14. The van der Waals surface area contributed by atoms with Gasteiger partial charge in [-0.25, -0.2) is 0 Å². The predicted octanol–water partition coefficient (Wildman–Crippen LogP) is 4.02. The fourth-order valence-corrected chi connectivity index (χ4v) is 1.38. The Bertz CT molecular complexity index is 295. The van der Waals surface area contributed by atoms with Crippen molar-refractivity contribution in [1.29, 1.82) is 0 Å². The summed E-state index contributed by atoms with van der Waals surface area (Å²) in [5.41, 5.74) is -0.727. The lowest BCUT2D eigenvalue weighted by Crippen LogP contribution is -2.05. The van der Waals surface area contributed by atoms with Crippen molar-refractivity contribution in [3.63, 3.8) is 0 Å². The molecule has 0 aliphatic carbocycles. The van der Waals surface area contributed by atoms with E-state index in [1.807, 2.05) is 0 Å². The largest absolute Gasteiger partial charge is 0.417 e. The molecule has 0 fully saturated rings. The molecule has 0 saturated carbocycles. The molecule has 0 saturated heterocycles. The van der Waals surface area contributed by atoms with Crippen LogP contribution in [0.2, 0.25) is 0 Å². The van der Waals surface area contributed by atoms with Gasteiger partial charge in [-0.2, -0.15) is 13.2 Å². The molecule has 0 nitrogen and oxygen atoms in total. The van der Waals surface area contributed by atoms with Gasteiger partial charge in [0, 0.05) is 9.37 Å². The molecule has 0 N–H and O–H groups in total. The lowest BCUT2D eigenvalue weighted by Gasteiger charge is -2.08. The first kappa shape index (κ1) is 9.80. The molecule has 0 amide bonds. The fourth-order valence-electron chi connectivity index (χ4n) is 0.722. The van der Waals surface area contributed by atoms with E-state index >= 15 is 0 Å². The number of halogens is 4. The van der Waals surface area contributed by atoms with Crippen LogP contribution in [-0.4, -0.2) is 0 Å². The minimum absolute atomic E-state index is 0.0172. The summed E-state index contributed by atoms with van der Waals surface area (Å²) >= 11 is 7.41. The van der Waals surface area contributed by atoms with Gasteiger partial charge in [-0.3, -0.25) is 0 Å². The van der Waals surface area contributed by atoms with E-state index in [0.717, 1.165) is 6.07 Å². The van der Waals surface area contributed by atoms with Gasteiger partial charge in [-0.1, -0.05) is 28.6 Å². The van der Waals surface area contributed by atoms with Gasteiger partial charge in [-0.05, 0) is 18.2 Å². The van der Waals surface area contributed by atoms with Crippen molar-refractivity contribution in [1.82, 2.24) is 0 Å². The van der Waals surface area contributed by atoms with Crippen molar-refractivity contribution in [3.05, 3.63) is 28.2 Å². The minimum Gasteiger partial charge on any atom is -0.166 e. The number of alkyl halides is 3. The van der Waals surface area contributed by atoms with Crippen LogP contribution >= 0.6 is 28.6 Å². The van der Waals surface area contributed by atoms with Gasteiger partial charge in [0.15, 0.2) is 0 Å². The summed E-state index contributed by atoms with van der Waals surface area (Å²) in [7, 11) is 0. The molecule has 0 bridgehead atoms. The van der Waals surface area contributed by atoms with Gasteiger partial charge in [0.1, 0.15) is 0 Å². The second-order valence-corrected chi connectivity index (χ2v) is 3.47. The van der Waals surface area contributed by atoms with E-state index in [9.17, 15) is 13.2 Å². The number of hydrogen-bond donors (Lipinski definition) is 0. The van der Waals surface area contributed by atoms with Crippen LogP contribution in [0.25, 0.3) is 0 Å². The predicted molar refractivity (Wildman–Crippen MR) is 45.0 cm³/mol. The van der Waals surface area contributed by atoms with Gasteiger partial charge < -0.3 is 0 Å². The SMILES string of the molecule is FC(F)(F)c1cc([S])ccc1Br. The van der Waals surface area contributed by atoms with Crippen LogP contribution in [0.4, 0.5) is 13.2 Å². The van der Waals surface area contributed by atoms with Crippen molar-refractivity contribution < 1.29 is 13.2 Å². The average molecular weight is 256 g/mol. The van der Waals surface area contributed by atoms with E-state index in [2.05, 4.69) is 28.6 Å². The Hall–Kier alpha value is -0.290. The Morgan fingerprint density at radius 1 is 1.25 bits per heavy atom. The first-order valence-corrected chi connectivity index (χ1v) is 4.15. The topological polar surface area (TPSA) is 0 Å². The van der Waals surface area contributed by atoms with Crippen LogP contribution in [0, 0.1) is 0 Å². The van der Waals surface area contributed by atoms with E-state index in [1.54, 1.807) is 0 Å². The summed E-state index contributed by atoms with van der Waals surface area (Å²) < 4.78 is 36.5. The molecule has 65 valence electrons. The molecule has 12 heavy (non-hydrogen) atoms. The Morgan fingerprint density at radius 2 is 1.83 bits per heavy atom. The van der Waals surface area contributed by atoms with Gasteiger partial charge in [-0.15, -0.1) is 0 Å². The van der Waals surface area contributed by atoms with Crippen molar-refractivity contribution >= 4 is 28.6 Å². The van der Waals surface area contributed by atoms with E-state index in [4.69, 9.17) is 0 Å². The van der Waals surface area contributed by atoms with Gasteiger partial charge in [0.05, 0.1) is 5.56 Å². The molecule has 1 radical (unpaired) electrons.